The topological polar surface area (TPSA) is 68.8 Å². The van der Waals surface area contributed by atoms with Crippen molar-refractivity contribution in [2.24, 2.45) is 12.8 Å². The van der Waals surface area contributed by atoms with Gasteiger partial charge in [0.05, 0.1) is 5.69 Å². The lowest BCUT2D eigenvalue weighted by molar-refractivity contribution is 0.771. The van der Waals surface area contributed by atoms with Crippen LogP contribution in [0.15, 0.2) is 30.5 Å². The predicted octanol–water partition coefficient (Wildman–Crippen LogP) is 1.19. The van der Waals surface area contributed by atoms with Crippen LogP contribution in [0.2, 0.25) is 0 Å². The summed E-state index contributed by atoms with van der Waals surface area (Å²) in [7, 11) is 1.85. The van der Waals surface area contributed by atoms with Gasteiger partial charge in [0.15, 0.2) is 5.82 Å². The fourth-order valence-electron chi connectivity index (χ4n) is 1.25. The number of nitrogens with zero attached hydrogens (tertiary/aromatic N) is 3. The Kier molecular flexibility index (Phi) is 2.82. The molecule has 0 saturated heterocycles. The summed E-state index contributed by atoms with van der Waals surface area (Å²) < 4.78 is 1.71. The maximum atomic E-state index is 5.50. The van der Waals surface area contributed by atoms with Gasteiger partial charge in [-0.3, -0.25) is 4.68 Å². The number of hydrogen-bond acceptors (Lipinski definition) is 4. The van der Waals surface area contributed by atoms with Crippen molar-refractivity contribution in [3.8, 4) is 0 Å². The van der Waals surface area contributed by atoms with Crippen LogP contribution in [0.3, 0.4) is 0 Å². The first-order valence-electron chi connectivity index (χ1n) is 4.69. The Morgan fingerprint density at radius 2 is 2.19 bits per heavy atom. The van der Waals surface area contributed by atoms with Crippen molar-refractivity contribution in [2.45, 2.75) is 0 Å². The first-order chi connectivity index (χ1) is 7.65. The fraction of sp³-hybridized carbons (Fsp3) is 0.100. The highest BCUT2D eigenvalue weighted by molar-refractivity contribution is 7.80. The number of nitrogens with two attached hydrogens (primary N) is 1. The molecule has 0 aliphatic rings. The maximum absolute atomic E-state index is 5.50. The van der Waals surface area contributed by atoms with Crippen molar-refractivity contribution in [1.82, 2.24) is 14.8 Å². The Bertz CT molecular complexity index is 519. The molecule has 82 valence electrons. The molecule has 0 fully saturated rings. The third-order valence-corrected chi connectivity index (χ3v) is 2.18. The molecule has 2 aromatic heterocycles. The van der Waals surface area contributed by atoms with E-state index in [1.807, 2.05) is 31.4 Å². The molecule has 5 nitrogen and oxygen atoms in total. The van der Waals surface area contributed by atoms with E-state index in [-0.39, 0.29) is 4.99 Å². The minimum atomic E-state index is 0.282. The van der Waals surface area contributed by atoms with Gasteiger partial charge >= 0.3 is 0 Å². The van der Waals surface area contributed by atoms with Crippen LogP contribution in [-0.2, 0) is 7.05 Å². The highest BCUT2D eigenvalue weighted by Crippen LogP contribution is 2.11. The highest BCUT2D eigenvalue weighted by Gasteiger charge is 2.01. The molecule has 3 N–H and O–H groups in total. The summed E-state index contributed by atoms with van der Waals surface area (Å²) in [6.45, 7) is 0. The second-order valence-corrected chi connectivity index (χ2v) is 3.71. The lowest BCUT2D eigenvalue weighted by atomic mass is 10.3. The van der Waals surface area contributed by atoms with E-state index in [0.717, 1.165) is 5.82 Å². The summed E-state index contributed by atoms with van der Waals surface area (Å²) in [5, 5.41) is 7.24. The molecule has 16 heavy (non-hydrogen) atoms. The van der Waals surface area contributed by atoms with Gasteiger partial charge in [-0.25, -0.2) is 4.98 Å². The van der Waals surface area contributed by atoms with Gasteiger partial charge in [0.2, 0.25) is 0 Å². The Morgan fingerprint density at radius 3 is 2.81 bits per heavy atom. The number of aryl methyl sites for hydroxylation is 1. The first kappa shape index (κ1) is 10.6. The fourth-order valence-corrected chi connectivity index (χ4v) is 1.37. The summed E-state index contributed by atoms with van der Waals surface area (Å²) in [5.74, 6) is 1.40. The van der Waals surface area contributed by atoms with Gasteiger partial charge in [0.1, 0.15) is 10.8 Å². The third kappa shape index (κ3) is 2.34. The van der Waals surface area contributed by atoms with E-state index in [1.165, 1.54) is 0 Å². The van der Waals surface area contributed by atoms with E-state index < -0.39 is 0 Å². The Morgan fingerprint density at radius 1 is 1.38 bits per heavy atom. The Labute approximate surface area is 98.3 Å². The molecular formula is C10H11N5S. The number of hydrogen-bond donors (Lipinski definition) is 2. The number of pyridine rings is 1. The summed E-state index contributed by atoms with van der Waals surface area (Å²) in [5.41, 5.74) is 6.10. The average Bonchev–Trinajstić information content (AvgIpc) is 2.64. The van der Waals surface area contributed by atoms with E-state index >= 15 is 0 Å². The van der Waals surface area contributed by atoms with Crippen LogP contribution in [-0.4, -0.2) is 19.8 Å². The van der Waals surface area contributed by atoms with Crippen molar-refractivity contribution in [1.29, 1.82) is 0 Å². The molecule has 0 unspecified atom stereocenters. The van der Waals surface area contributed by atoms with Crippen LogP contribution < -0.4 is 11.1 Å². The van der Waals surface area contributed by atoms with Crippen molar-refractivity contribution < 1.29 is 0 Å². The SMILES string of the molecule is Cn1ccc(Nc2cccc(C(N)=S)n2)n1. The van der Waals surface area contributed by atoms with Gasteiger partial charge in [-0.05, 0) is 12.1 Å². The van der Waals surface area contributed by atoms with Gasteiger partial charge in [0.25, 0.3) is 0 Å². The zero-order chi connectivity index (χ0) is 11.5. The minimum Gasteiger partial charge on any atom is -0.388 e. The number of aromatic nitrogens is 3. The number of nitrogens with one attached hydrogen (secondary N) is 1. The van der Waals surface area contributed by atoms with Crippen LogP contribution in [0.5, 0.6) is 0 Å². The molecule has 0 atom stereocenters. The molecule has 0 bridgehead atoms. The van der Waals surface area contributed by atoms with Crippen molar-refractivity contribution in [3.63, 3.8) is 0 Å². The minimum absolute atomic E-state index is 0.282. The molecule has 0 amide bonds. The molecule has 0 aliphatic heterocycles. The van der Waals surface area contributed by atoms with Crippen molar-refractivity contribution in [3.05, 3.63) is 36.2 Å². The van der Waals surface area contributed by atoms with Gasteiger partial charge in [-0.2, -0.15) is 5.10 Å². The highest BCUT2D eigenvalue weighted by atomic mass is 32.1. The van der Waals surface area contributed by atoms with Gasteiger partial charge < -0.3 is 11.1 Å². The molecule has 2 heterocycles. The summed E-state index contributed by atoms with van der Waals surface area (Å²) in [6.07, 6.45) is 1.85. The smallest absolute Gasteiger partial charge is 0.153 e. The first-order valence-corrected chi connectivity index (χ1v) is 5.09. The lowest BCUT2D eigenvalue weighted by Crippen LogP contribution is -2.12. The standard InChI is InChI=1S/C10H11N5S/c1-15-6-5-9(14-15)13-8-4-2-3-7(12-8)10(11)16/h2-6H,1H3,(H2,11,16)(H,12,13,14). The Balaban J connectivity index is 2.21. The quantitative estimate of drug-likeness (QED) is 0.779. The van der Waals surface area contributed by atoms with Crippen molar-refractivity contribution >= 4 is 28.8 Å². The zero-order valence-corrected chi connectivity index (χ0v) is 9.53. The number of thiocarbonyl (C=S) groups is 1. The third-order valence-electron chi connectivity index (χ3n) is 1.97. The van der Waals surface area contributed by atoms with E-state index in [4.69, 9.17) is 18.0 Å². The number of rotatable bonds is 3. The second kappa shape index (κ2) is 4.28. The normalized spacial score (nSPS) is 10.1. The predicted molar refractivity (Wildman–Crippen MR) is 66.6 cm³/mol. The molecule has 6 heteroatoms. The second-order valence-electron chi connectivity index (χ2n) is 3.27. The van der Waals surface area contributed by atoms with Gasteiger partial charge in [-0.1, -0.05) is 18.3 Å². The van der Waals surface area contributed by atoms with E-state index in [1.54, 1.807) is 10.7 Å². The summed E-state index contributed by atoms with van der Waals surface area (Å²) in [4.78, 5) is 4.53. The molecular weight excluding hydrogens is 222 g/mol. The van der Waals surface area contributed by atoms with E-state index in [2.05, 4.69) is 15.4 Å². The molecule has 0 aliphatic carbocycles. The molecule has 2 aromatic rings. The van der Waals surface area contributed by atoms with Gasteiger partial charge in [0, 0.05) is 19.3 Å². The zero-order valence-electron chi connectivity index (χ0n) is 8.71. The Hall–Kier alpha value is -1.95. The lowest BCUT2D eigenvalue weighted by Gasteiger charge is -2.03. The molecule has 0 saturated carbocycles. The molecule has 2 rings (SSSR count). The summed E-state index contributed by atoms with van der Waals surface area (Å²) >= 11 is 4.86. The largest absolute Gasteiger partial charge is 0.388 e. The maximum Gasteiger partial charge on any atom is 0.153 e. The van der Waals surface area contributed by atoms with E-state index in [0.29, 0.717) is 11.5 Å². The van der Waals surface area contributed by atoms with Crippen LogP contribution >= 0.6 is 12.2 Å². The molecule has 0 radical (unpaired) electrons. The average molecular weight is 233 g/mol. The van der Waals surface area contributed by atoms with Crippen LogP contribution in [0.1, 0.15) is 5.69 Å². The summed E-state index contributed by atoms with van der Waals surface area (Å²) in [6, 6.07) is 7.30. The molecule has 0 aromatic carbocycles. The van der Waals surface area contributed by atoms with Crippen molar-refractivity contribution in [2.75, 3.05) is 5.32 Å². The van der Waals surface area contributed by atoms with Crippen LogP contribution in [0, 0.1) is 0 Å². The van der Waals surface area contributed by atoms with Gasteiger partial charge in [-0.15, -0.1) is 0 Å². The van der Waals surface area contributed by atoms with Crippen LogP contribution in [0.4, 0.5) is 11.6 Å². The monoisotopic (exact) mass is 233 g/mol. The van der Waals surface area contributed by atoms with E-state index in [9.17, 15) is 0 Å². The van der Waals surface area contributed by atoms with Crippen LogP contribution in [0.25, 0.3) is 0 Å². The number of anilines is 2. The molecule has 0 spiro atoms.